The van der Waals surface area contributed by atoms with Gasteiger partial charge in [0.2, 0.25) is 0 Å². The summed E-state index contributed by atoms with van der Waals surface area (Å²) in [7, 11) is 0. The number of carbonyl (C=O) groups is 1. The van der Waals surface area contributed by atoms with Gasteiger partial charge in [0.15, 0.2) is 0 Å². The highest BCUT2D eigenvalue weighted by molar-refractivity contribution is 5.68. The highest BCUT2D eigenvalue weighted by Crippen LogP contribution is 2.26. The first-order valence-corrected chi connectivity index (χ1v) is 5.86. The molecule has 1 aliphatic heterocycles. The molecule has 0 aromatic carbocycles. The van der Waals surface area contributed by atoms with Crippen LogP contribution in [0.2, 0.25) is 0 Å². The predicted molar refractivity (Wildman–Crippen MR) is 55.5 cm³/mol. The van der Waals surface area contributed by atoms with Crippen LogP contribution in [-0.4, -0.2) is 41.9 Å². The van der Waals surface area contributed by atoms with Crippen LogP contribution >= 0.6 is 0 Å². The Morgan fingerprint density at radius 1 is 1.27 bits per heavy atom. The van der Waals surface area contributed by atoms with E-state index in [0.29, 0.717) is 5.92 Å². The summed E-state index contributed by atoms with van der Waals surface area (Å²) in [5.74, 6) is 0.583. The van der Waals surface area contributed by atoms with E-state index < -0.39 is 0 Å². The van der Waals surface area contributed by atoms with Crippen molar-refractivity contribution in [1.82, 2.24) is 4.90 Å². The third-order valence-corrected chi connectivity index (χ3v) is 3.20. The Hall–Kier alpha value is -0.770. The van der Waals surface area contributed by atoms with Crippen LogP contribution < -0.4 is 0 Å². The largest absolute Gasteiger partial charge is 0.446 e. The van der Waals surface area contributed by atoms with Gasteiger partial charge in [0.05, 0.1) is 0 Å². The molecule has 2 aliphatic rings. The second kappa shape index (κ2) is 4.84. The monoisotopic (exact) mass is 213 g/mol. The second-order valence-corrected chi connectivity index (χ2v) is 4.53. The van der Waals surface area contributed by atoms with E-state index in [1.165, 1.54) is 0 Å². The highest BCUT2D eigenvalue weighted by atomic mass is 16.6. The first kappa shape index (κ1) is 10.7. The number of hydrogen-bond acceptors (Lipinski definition) is 3. The topological polar surface area (TPSA) is 49.8 Å². The average Bonchev–Trinajstić information content (AvgIpc) is 3.03. The molecule has 1 N–H and O–H groups in total. The summed E-state index contributed by atoms with van der Waals surface area (Å²) in [6, 6.07) is 0. The molecule has 1 aliphatic carbocycles. The molecule has 0 radical (unpaired) electrons. The lowest BCUT2D eigenvalue weighted by Crippen LogP contribution is -2.39. The van der Waals surface area contributed by atoms with Gasteiger partial charge < -0.3 is 14.7 Å². The van der Waals surface area contributed by atoms with Crippen LogP contribution in [0.1, 0.15) is 32.1 Å². The van der Waals surface area contributed by atoms with Gasteiger partial charge in [-0.1, -0.05) is 0 Å². The number of piperidine rings is 1. The van der Waals surface area contributed by atoms with E-state index in [1.54, 1.807) is 4.90 Å². The molecule has 0 unspecified atom stereocenters. The smallest absolute Gasteiger partial charge is 0.410 e. The lowest BCUT2D eigenvalue weighted by molar-refractivity contribution is 0.0793. The van der Waals surface area contributed by atoms with Crippen molar-refractivity contribution in [3.63, 3.8) is 0 Å². The molecule has 0 aromatic heterocycles. The number of hydrogen-bond donors (Lipinski definition) is 1. The molecule has 0 bridgehead atoms. The normalized spacial score (nSPS) is 22.9. The molecule has 1 saturated carbocycles. The molecule has 15 heavy (non-hydrogen) atoms. The van der Waals surface area contributed by atoms with Crippen molar-refractivity contribution >= 4 is 6.09 Å². The third kappa shape index (κ3) is 3.09. The van der Waals surface area contributed by atoms with Crippen molar-refractivity contribution in [2.24, 2.45) is 5.92 Å². The fourth-order valence-electron chi connectivity index (χ4n) is 1.99. The predicted octanol–water partition coefficient (Wildman–Crippen LogP) is 1.38. The minimum atomic E-state index is -0.139. The van der Waals surface area contributed by atoms with Crippen LogP contribution in [0.4, 0.5) is 4.79 Å². The van der Waals surface area contributed by atoms with Crippen molar-refractivity contribution < 1.29 is 14.6 Å². The van der Waals surface area contributed by atoms with E-state index in [9.17, 15) is 4.79 Å². The zero-order valence-corrected chi connectivity index (χ0v) is 9.02. The lowest BCUT2D eigenvalue weighted by Gasteiger charge is -2.31. The van der Waals surface area contributed by atoms with Gasteiger partial charge in [0.1, 0.15) is 6.10 Å². The van der Waals surface area contributed by atoms with Gasteiger partial charge in [0, 0.05) is 19.7 Å². The Balaban J connectivity index is 1.69. The fourth-order valence-corrected chi connectivity index (χ4v) is 1.99. The minimum absolute atomic E-state index is 0.139. The zero-order valence-electron chi connectivity index (χ0n) is 9.02. The number of ether oxygens (including phenoxy) is 1. The van der Waals surface area contributed by atoms with Crippen LogP contribution in [0.25, 0.3) is 0 Å². The average molecular weight is 213 g/mol. The molecule has 0 atom stereocenters. The summed E-state index contributed by atoms with van der Waals surface area (Å²) in [6.45, 7) is 1.84. The number of aliphatic hydroxyl groups is 1. The van der Waals surface area contributed by atoms with Crippen molar-refractivity contribution in [2.75, 3.05) is 19.7 Å². The standard InChI is InChI=1S/C11H19NO3/c13-8-5-9-3-6-12(7-4-9)11(14)15-10-1-2-10/h9-10,13H,1-8H2. The fraction of sp³-hybridized carbons (Fsp3) is 0.909. The maximum atomic E-state index is 11.6. The van der Waals surface area contributed by atoms with Gasteiger partial charge in [0.25, 0.3) is 0 Å². The number of nitrogens with zero attached hydrogens (tertiary/aromatic N) is 1. The molecular weight excluding hydrogens is 194 g/mol. The summed E-state index contributed by atoms with van der Waals surface area (Å²) in [5.41, 5.74) is 0. The molecule has 1 amide bonds. The van der Waals surface area contributed by atoms with Crippen LogP contribution in [0, 0.1) is 5.92 Å². The van der Waals surface area contributed by atoms with E-state index in [1.807, 2.05) is 0 Å². The number of aliphatic hydroxyl groups excluding tert-OH is 1. The summed E-state index contributed by atoms with van der Waals surface area (Å²) in [4.78, 5) is 13.4. The summed E-state index contributed by atoms with van der Waals surface area (Å²) in [5, 5.41) is 8.82. The first-order chi connectivity index (χ1) is 7.29. The van der Waals surface area contributed by atoms with Crippen molar-refractivity contribution in [3.8, 4) is 0 Å². The Kier molecular flexibility index (Phi) is 3.46. The lowest BCUT2D eigenvalue weighted by atomic mass is 9.94. The van der Waals surface area contributed by atoms with Crippen molar-refractivity contribution in [2.45, 2.75) is 38.2 Å². The molecule has 2 fully saturated rings. The highest BCUT2D eigenvalue weighted by Gasteiger charge is 2.30. The molecule has 86 valence electrons. The van der Waals surface area contributed by atoms with Gasteiger partial charge >= 0.3 is 6.09 Å². The van der Waals surface area contributed by atoms with Crippen LogP contribution in [0.3, 0.4) is 0 Å². The Labute approximate surface area is 90.2 Å². The minimum Gasteiger partial charge on any atom is -0.446 e. The zero-order chi connectivity index (χ0) is 10.7. The molecule has 1 heterocycles. The Morgan fingerprint density at radius 3 is 2.47 bits per heavy atom. The quantitative estimate of drug-likeness (QED) is 0.770. The van der Waals surface area contributed by atoms with Crippen LogP contribution in [0.5, 0.6) is 0 Å². The number of amides is 1. The summed E-state index contributed by atoms with van der Waals surface area (Å²) < 4.78 is 5.23. The van der Waals surface area contributed by atoms with Gasteiger partial charge in [-0.25, -0.2) is 4.79 Å². The van der Waals surface area contributed by atoms with Crippen molar-refractivity contribution in [3.05, 3.63) is 0 Å². The van der Waals surface area contributed by atoms with E-state index in [0.717, 1.165) is 45.2 Å². The number of carbonyl (C=O) groups excluding carboxylic acids is 1. The third-order valence-electron chi connectivity index (χ3n) is 3.20. The van der Waals surface area contributed by atoms with Gasteiger partial charge in [-0.2, -0.15) is 0 Å². The molecule has 0 aromatic rings. The molecule has 1 saturated heterocycles. The second-order valence-electron chi connectivity index (χ2n) is 4.53. The van der Waals surface area contributed by atoms with E-state index >= 15 is 0 Å². The van der Waals surface area contributed by atoms with Gasteiger partial charge in [-0.3, -0.25) is 0 Å². The molecule has 4 heteroatoms. The van der Waals surface area contributed by atoms with E-state index in [2.05, 4.69) is 0 Å². The van der Waals surface area contributed by atoms with Crippen molar-refractivity contribution in [1.29, 1.82) is 0 Å². The molecule has 4 nitrogen and oxygen atoms in total. The number of likely N-dealkylation sites (tertiary alicyclic amines) is 1. The molecular formula is C11H19NO3. The van der Waals surface area contributed by atoms with E-state index in [-0.39, 0.29) is 18.8 Å². The van der Waals surface area contributed by atoms with Crippen LogP contribution in [0.15, 0.2) is 0 Å². The Bertz CT molecular complexity index is 220. The SMILES string of the molecule is O=C(OC1CC1)N1CCC(CCO)CC1. The molecule has 2 rings (SSSR count). The number of rotatable bonds is 3. The van der Waals surface area contributed by atoms with E-state index in [4.69, 9.17) is 9.84 Å². The summed E-state index contributed by atoms with van der Waals surface area (Å²) in [6.07, 6.45) is 5.00. The summed E-state index contributed by atoms with van der Waals surface area (Å²) >= 11 is 0. The van der Waals surface area contributed by atoms with Crippen LogP contribution in [-0.2, 0) is 4.74 Å². The first-order valence-electron chi connectivity index (χ1n) is 5.86. The maximum absolute atomic E-state index is 11.6. The van der Waals surface area contributed by atoms with Gasteiger partial charge in [-0.05, 0) is 38.0 Å². The Morgan fingerprint density at radius 2 is 1.93 bits per heavy atom. The van der Waals surface area contributed by atoms with Gasteiger partial charge in [-0.15, -0.1) is 0 Å². The maximum Gasteiger partial charge on any atom is 0.410 e. The molecule has 0 spiro atoms.